The molecule has 2 heterocycles. The third-order valence-corrected chi connectivity index (χ3v) is 2.73. The predicted molar refractivity (Wildman–Crippen MR) is 67.1 cm³/mol. The predicted octanol–water partition coefficient (Wildman–Crippen LogP) is -0.240. The molecule has 2 rings (SSSR count). The fraction of sp³-hybridized carbons (Fsp3) is 0.417. The second-order valence-electron chi connectivity index (χ2n) is 4.16. The summed E-state index contributed by atoms with van der Waals surface area (Å²) < 4.78 is 0. The summed E-state index contributed by atoms with van der Waals surface area (Å²) in [6, 6.07) is 5.27. The summed E-state index contributed by atoms with van der Waals surface area (Å²) in [4.78, 5) is 29.3. The van der Waals surface area contributed by atoms with Gasteiger partial charge in [0.1, 0.15) is 5.82 Å². The maximum Gasteiger partial charge on any atom is 0.315 e. The average Bonchev–Trinajstić information content (AvgIpc) is 2.39. The molecule has 1 saturated heterocycles. The molecule has 1 fully saturated rings. The Kier molecular flexibility index (Phi) is 3.88. The van der Waals surface area contributed by atoms with Crippen LogP contribution in [0.3, 0.4) is 0 Å². The van der Waals surface area contributed by atoms with Gasteiger partial charge in [-0.2, -0.15) is 0 Å². The van der Waals surface area contributed by atoms with Gasteiger partial charge >= 0.3 is 11.8 Å². The third-order valence-electron chi connectivity index (χ3n) is 2.73. The van der Waals surface area contributed by atoms with Gasteiger partial charge in [0.15, 0.2) is 0 Å². The molecule has 1 aromatic heterocycles. The van der Waals surface area contributed by atoms with E-state index in [2.05, 4.69) is 15.6 Å². The van der Waals surface area contributed by atoms with Crippen molar-refractivity contribution in [3.8, 4) is 0 Å². The first kappa shape index (κ1) is 12.5. The van der Waals surface area contributed by atoms with Crippen molar-refractivity contribution < 1.29 is 9.59 Å². The second-order valence-corrected chi connectivity index (χ2v) is 4.16. The van der Waals surface area contributed by atoms with E-state index in [-0.39, 0.29) is 0 Å². The number of piperazine rings is 1. The molecule has 2 amide bonds. The summed E-state index contributed by atoms with van der Waals surface area (Å²) in [6.07, 6.45) is 0. The van der Waals surface area contributed by atoms with Crippen LogP contribution < -0.4 is 10.6 Å². The molecule has 1 aromatic rings. The topological polar surface area (TPSA) is 74.3 Å². The van der Waals surface area contributed by atoms with Crippen molar-refractivity contribution in [2.75, 3.05) is 31.5 Å². The molecule has 18 heavy (non-hydrogen) atoms. The lowest BCUT2D eigenvalue weighted by molar-refractivity contribution is -0.143. The molecule has 0 aliphatic carbocycles. The summed E-state index contributed by atoms with van der Waals surface area (Å²) >= 11 is 0. The van der Waals surface area contributed by atoms with Gasteiger partial charge in [-0.1, -0.05) is 6.07 Å². The number of aromatic nitrogens is 1. The highest BCUT2D eigenvalue weighted by Gasteiger charge is 2.23. The van der Waals surface area contributed by atoms with Gasteiger partial charge in [-0.05, 0) is 19.1 Å². The number of carbonyl (C=O) groups excluding carboxylic acids is 2. The molecule has 0 unspecified atom stereocenters. The van der Waals surface area contributed by atoms with Crippen LogP contribution in [0.15, 0.2) is 18.2 Å². The van der Waals surface area contributed by atoms with Gasteiger partial charge in [-0.25, -0.2) is 4.98 Å². The number of aryl methyl sites for hydroxylation is 1. The number of carbonyl (C=O) groups is 2. The third kappa shape index (κ3) is 3.04. The Bertz CT molecular complexity index is 455. The summed E-state index contributed by atoms with van der Waals surface area (Å²) in [5.74, 6) is -0.724. The monoisotopic (exact) mass is 248 g/mol. The zero-order chi connectivity index (χ0) is 13.0. The molecule has 1 aliphatic heterocycles. The lowest BCUT2D eigenvalue weighted by Gasteiger charge is -2.26. The van der Waals surface area contributed by atoms with Gasteiger partial charge in [-0.15, -0.1) is 0 Å². The van der Waals surface area contributed by atoms with E-state index in [1.54, 1.807) is 17.0 Å². The van der Waals surface area contributed by atoms with Crippen LogP contribution >= 0.6 is 0 Å². The van der Waals surface area contributed by atoms with Crippen molar-refractivity contribution >= 4 is 17.6 Å². The van der Waals surface area contributed by atoms with Gasteiger partial charge < -0.3 is 15.5 Å². The molecule has 0 atom stereocenters. The number of anilines is 1. The van der Waals surface area contributed by atoms with Gasteiger partial charge in [0.05, 0.1) is 0 Å². The van der Waals surface area contributed by atoms with Crippen LogP contribution in [0.25, 0.3) is 0 Å². The Morgan fingerprint density at radius 2 is 2.06 bits per heavy atom. The Morgan fingerprint density at radius 3 is 2.72 bits per heavy atom. The average molecular weight is 248 g/mol. The van der Waals surface area contributed by atoms with E-state index in [0.29, 0.717) is 18.9 Å². The maximum absolute atomic E-state index is 11.8. The molecule has 6 nitrogen and oxygen atoms in total. The van der Waals surface area contributed by atoms with E-state index in [1.807, 2.05) is 13.0 Å². The van der Waals surface area contributed by atoms with E-state index in [9.17, 15) is 9.59 Å². The highest BCUT2D eigenvalue weighted by atomic mass is 16.2. The summed E-state index contributed by atoms with van der Waals surface area (Å²) in [7, 11) is 0. The van der Waals surface area contributed by atoms with Crippen molar-refractivity contribution in [2.24, 2.45) is 0 Å². The Balaban J connectivity index is 1.96. The molecule has 0 bridgehead atoms. The number of rotatable bonds is 1. The van der Waals surface area contributed by atoms with E-state index in [0.717, 1.165) is 18.8 Å². The SMILES string of the molecule is Cc1cccc(NC(=O)C(=O)N2CCNCC2)n1. The molecule has 0 radical (unpaired) electrons. The molecule has 96 valence electrons. The number of nitrogens with one attached hydrogen (secondary N) is 2. The number of hydrogen-bond acceptors (Lipinski definition) is 4. The molecule has 6 heteroatoms. The van der Waals surface area contributed by atoms with Gasteiger partial charge in [-0.3, -0.25) is 9.59 Å². The first-order chi connectivity index (χ1) is 8.66. The Labute approximate surface area is 105 Å². The first-order valence-corrected chi connectivity index (χ1v) is 5.91. The smallest absolute Gasteiger partial charge is 0.315 e. The lowest BCUT2D eigenvalue weighted by atomic mass is 10.3. The highest BCUT2D eigenvalue weighted by Crippen LogP contribution is 2.04. The first-order valence-electron chi connectivity index (χ1n) is 5.91. The fourth-order valence-electron chi connectivity index (χ4n) is 1.79. The molecule has 2 N–H and O–H groups in total. The van der Waals surface area contributed by atoms with Crippen LogP contribution in [0.1, 0.15) is 5.69 Å². The quantitative estimate of drug-likeness (QED) is 0.673. The summed E-state index contributed by atoms with van der Waals surface area (Å²) in [6.45, 7) is 4.40. The number of pyridine rings is 1. The van der Waals surface area contributed by atoms with Crippen molar-refractivity contribution in [1.82, 2.24) is 15.2 Å². The maximum atomic E-state index is 11.8. The molecular weight excluding hydrogens is 232 g/mol. The van der Waals surface area contributed by atoms with Crippen LogP contribution in [0.2, 0.25) is 0 Å². The Hall–Kier alpha value is -1.95. The van der Waals surface area contributed by atoms with E-state index >= 15 is 0 Å². The van der Waals surface area contributed by atoms with Crippen LogP contribution in [0, 0.1) is 6.92 Å². The van der Waals surface area contributed by atoms with E-state index in [4.69, 9.17) is 0 Å². The highest BCUT2D eigenvalue weighted by molar-refractivity contribution is 6.39. The number of hydrogen-bond donors (Lipinski definition) is 2. The minimum absolute atomic E-state index is 0.406. The van der Waals surface area contributed by atoms with Crippen LogP contribution in [0.5, 0.6) is 0 Å². The van der Waals surface area contributed by atoms with Crippen molar-refractivity contribution in [3.05, 3.63) is 23.9 Å². The standard InChI is InChI=1S/C12H16N4O2/c1-9-3-2-4-10(14-9)15-11(17)12(18)16-7-5-13-6-8-16/h2-4,13H,5-8H2,1H3,(H,14,15,17). The van der Waals surface area contributed by atoms with Crippen molar-refractivity contribution in [3.63, 3.8) is 0 Å². The minimum atomic E-state index is -0.630. The fourth-order valence-corrected chi connectivity index (χ4v) is 1.79. The van der Waals surface area contributed by atoms with Crippen molar-refractivity contribution in [1.29, 1.82) is 0 Å². The lowest BCUT2D eigenvalue weighted by Crippen LogP contribution is -2.49. The number of amides is 2. The molecule has 1 aliphatic rings. The minimum Gasteiger partial charge on any atom is -0.332 e. The summed E-state index contributed by atoms with van der Waals surface area (Å²) in [5, 5.41) is 5.65. The summed E-state index contributed by atoms with van der Waals surface area (Å²) in [5.41, 5.74) is 0.794. The Morgan fingerprint density at radius 1 is 1.33 bits per heavy atom. The normalized spacial score (nSPS) is 15.3. The van der Waals surface area contributed by atoms with Crippen molar-refractivity contribution in [2.45, 2.75) is 6.92 Å². The molecule has 0 aromatic carbocycles. The van der Waals surface area contributed by atoms with Gasteiger partial charge in [0.25, 0.3) is 0 Å². The largest absolute Gasteiger partial charge is 0.332 e. The van der Waals surface area contributed by atoms with Gasteiger partial charge in [0.2, 0.25) is 0 Å². The van der Waals surface area contributed by atoms with Crippen LogP contribution in [-0.2, 0) is 9.59 Å². The zero-order valence-corrected chi connectivity index (χ0v) is 10.3. The van der Waals surface area contributed by atoms with E-state index < -0.39 is 11.8 Å². The molecule has 0 saturated carbocycles. The van der Waals surface area contributed by atoms with Crippen LogP contribution in [0.4, 0.5) is 5.82 Å². The molecular formula is C12H16N4O2. The van der Waals surface area contributed by atoms with Gasteiger partial charge in [0, 0.05) is 31.9 Å². The number of nitrogens with zero attached hydrogens (tertiary/aromatic N) is 2. The second kappa shape index (κ2) is 5.59. The molecule has 0 spiro atoms. The zero-order valence-electron chi connectivity index (χ0n) is 10.3. The van der Waals surface area contributed by atoms with Crippen LogP contribution in [-0.4, -0.2) is 47.9 Å². The van der Waals surface area contributed by atoms with E-state index in [1.165, 1.54) is 0 Å².